The van der Waals surface area contributed by atoms with E-state index < -0.39 is 0 Å². The lowest BCUT2D eigenvalue weighted by atomic mass is 10.0. The van der Waals surface area contributed by atoms with E-state index in [4.69, 9.17) is 0 Å². The highest BCUT2D eigenvalue weighted by Crippen LogP contribution is 2.32. The summed E-state index contributed by atoms with van der Waals surface area (Å²) in [5.74, 6) is 0.402. The first-order chi connectivity index (χ1) is 19.0. The van der Waals surface area contributed by atoms with Crippen LogP contribution in [0.4, 0.5) is 16.6 Å². The number of carbonyl (C=O) groups excluding carboxylic acids is 2. The number of nitrogens with zero attached hydrogens (tertiary/aromatic N) is 5. The van der Waals surface area contributed by atoms with Gasteiger partial charge in [0.2, 0.25) is 5.91 Å². The van der Waals surface area contributed by atoms with Gasteiger partial charge in [-0.3, -0.25) is 19.4 Å². The van der Waals surface area contributed by atoms with Crippen LogP contribution in [0.1, 0.15) is 45.2 Å². The van der Waals surface area contributed by atoms with Crippen LogP contribution in [-0.4, -0.2) is 48.2 Å². The van der Waals surface area contributed by atoms with Gasteiger partial charge in [0.1, 0.15) is 11.4 Å². The molecule has 3 aromatic heterocycles. The molecule has 3 N–H and O–H groups in total. The van der Waals surface area contributed by atoms with Gasteiger partial charge in [-0.25, -0.2) is 4.98 Å². The first kappa shape index (κ1) is 24.8. The van der Waals surface area contributed by atoms with Gasteiger partial charge in [-0.1, -0.05) is 47.7 Å². The van der Waals surface area contributed by atoms with Gasteiger partial charge in [0, 0.05) is 23.7 Å². The number of aryl methyl sites for hydroxylation is 2. The summed E-state index contributed by atoms with van der Waals surface area (Å²) in [4.78, 5) is 33.0. The zero-order valence-corrected chi connectivity index (χ0v) is 22.5. The van der Waals surface area contributed by atoms with Gasteiger partial charge < -0.3 is 15.5 Å². The molecule has 0 saturated carbocycles. The number of hydrogen-bond donors (Lipinski definition) is 3. The predicted octanol–water partition coefficient (Wildman–Crippen LogP) is 5.19. The van der Waals surface area contributed by atoms with Crippen LogP contribution in [0.5, 0.6) is 0 Å². The summed E-state index contributed by atoms with van der Waals surface area (Å²) in [6.45, 7) is 4.78. The van der Waals surface area contributed by atoms with Gasteiger partial charge in [-0.2, -0.15) is 10.2 Å². The van der Waals surface area contributed by atoms with Gasteiger partial charge in [0.15, 0.2) is 10.9 Å². The fraction of sp³-hybridized carbons (Fsp3) is 0.250. The van der Waals surface area contributed by atoms with Crippen molar-refractivity contribution < 1.29 is 9.59 Å². The van der Waals surface area contributed by atoms with Crippen molar-refractivity contribution in [2.75, 3.05) is 17.2 Å². The Morgan fingerprint density at radius 3 is 2.79 bits per heavy atom. The molecule has 0 spiro atoms. The number of nitrogens with one attached hydrogen (secondary N) is 3. The number of fused-ring (bicyclic) bond motifs is 1. The van der Waals surface area contributed by atoms with Crippen molar-refractivity contribution in [3.05, 3.63) is 82.6 Å². The largest absolute Gasteiger partial charge is 0.334 e. The van der Waals surface area contributed by atoms with Crippen LogP contribution in [0, 0.1) is 13.8 Å². The number of carbonyl (C=O) groups is 2. The van der Waals surface area contributed by atoms with Crippen molar-refractivity contribution in [2.45, 2.75) is 39.3 Å². The van der Waals surface area contributed by atoms with E-state index >= 15 is 0 Å². The molecular weight excluding hydrogens is 512 g/mol. The summed E-state index contributed by atoms with van der Waals surface area (Å²) in [6.07, 6.45) is 7.06. The third kappa shape index (κ3) is 5.00. The van der Waals surface area contributed by atoms with Crippen molar-refractivity contribution in [2.24, 2.45) is 0 Å². The van der Waals surface area contributed by atoms with Gasteiger partial charge in [0.05, 0.1) is 29.6 Å². The zero-order chi connectivity index (χ0) is 26.9. The predicted molar refractivity (Wildman–Crippen MR) is 151 cm³/mol. The number of hydrogen-bond acceptors (Lipinski definition) is 7. The highest BCUT2D eigenvalue weighted by molar-refractivity contribution is 7.17. The fourth-order valence-corrected chi connectivity index (χ4v) is 5.76. The van der Waals surface area contributed by atoms with Crippen LogP contribution in [0.2, 0.25) is 0 Å². The van der Waals surface area contributed by atoms with E-state index in [2.05, 4.69) is 43.0 Å². The third-order valence-electron chi connectivity index (χ3n) is 7.03. The minimum atomic E-state index is -0.246. The normalized spacial score (nSPS) is 15.1. The second kappa shape index (κ2) is 10.3. The maximum Gasteiger partial charge on any atom is 0.267 e. The minimum absolute atomic E-state index is 0.0477. The second-order valence-electron chi connectivity index (χ2n) is 9.71. The monoisotopic (exact) mass is 540 g/mol. The molecule has 1 saturated heterocycles. The molecule has 6 rings (SSSR count). The number of likely N-dealkylation sites (tertiary alicyclic amines) is 1. The molecule has 2 amide bonds. The molecule has 5 aromatic rings. The van der Waals surface area contributed by atoms with E-state index in [1.54, 1.807) is 17.1 Å². The zero-order valence-electron chi connectivity index (χ0n) is 21.6. The Labute approximate surface area is 229 Å². The molecule has 198 valence electrons. The molecule has 1 fully saturated rings. The summed E-state index contributed by atoms with van der Waals surface area (Å²) < 4.78 is 1.66. The average Bonchev–Trinajstić information content (AvgIpc) is 3.74. The van der Waals surface area contributed by atoms with Crippen molar-refractivity contribution in [3.8, 4) is 0 Å². The molecule has 11 heteroatoms. The Morgan fingerprint density at radius 2 is 1.95 bits per heavy atom. The van der Waals surface area contributed by atoms with E-state index in [-0.39, 0.29) is 24.4 Å². The molecule has 2 aromatic carbocycles. The number of H-pyrrole nitrogens is 1. The third-order valence-corrected chi connectivity index (χ3v) is 7.94. The van der Waals surface area contributed by atoms with Crippen molar-refractivity contribution in [1.29, 1.82) is 0 Å². The van der Waals surface area contributed by atoms with E-state index in [0.29, 0.717) is 15.8 Å². The smallest absolute Gasteiger partial charge is 0.267 e. The van der Waals surface area contributed by atoms with Crippen LogP contribution in [0.15, 0.2) is 61.1 Å². The summed E-state index contributed by atoms with van der Waals surface area (Å²) >= 11 is 1.24. The minimum Gasteiger partial charge on any atom is -0.334 e. The Kier molecular flexibility index (Phi) is 6.57. The molecule has 1 unspecified atom stereocenters. The summed E-state index contributed by atoms with van der Waals surface area (Å²) in [5.41, 5.74) is 4.57. The highest BCUT2D eigenvalue weighted by Gasteiger charge is 2.30. The van der Waals surface area contributed by atoms with Gasteiger partial charge in [0.25, 0.3) is 5.91 Å². The lowest BCUT2D eigenvalue weighted by molar-refractivity contribution is -0.133. The number of aromatic amines is 1. The SMILES string of the molecule is Cc1cn(CC(=O)N2CCCC2c2ccccc2)nc1Nc1ncc(C(=O)Nc2c(C)ccc3[nH]ncc23)s1. The Balaban J connectivity index is 1.12. The lowest BCUT2D eigenvalue weighted by Crippen LogP contribution is -2.33. The first-order valence-corrected chi connectivity index (χ1v) is 13.6. The average molecular weight is 541 g/mol. The second-order valence-corrected chi connectivity index (χ2v) is 10.7. The van der Waals surface area contributed by atoms with E-state index in [1.807, 2.05) is 55.3 Å². The molecule has 0 bridgehead atoms. The van der Waals surface area contributed by atoms with Crippen molar-refractivity contribution in [1.82, 2.24) is 29.9 Å². The summed E-state index contributed by atoms with van der Waals surface area (Å²) in [5, 5.41) is 19.2. The van der Waals surface area contributed by atoms with Crippen LogP contribution in [0.25, 0.3) is 10.9 Å². The molecule has 0 radical (unpaired) electrons. The summed E-state index contributed by atoms with van der Waals surface area (Å²) in [6, 6.07) is 14.2. The first-order valence-electron chi connectivity index (χ1n) is 12.8. The Morgan fingerprint density at radius 1 is 1.10 bits per heavy atom. The van der Waals surface area contributed by atoms with Gasteiger partial charge in [-0.05, 0) is 43.9 Å². The quantitative estimate of drug-likeness (QED) is 0.261. The van der Waals surface area contributed by atoms with Crippen LogP contribution in [-0.2, 0) is 11.3 Å². The van der Waals surface area contributed by atoms with E-state index in [0.717, 1.165) is 47.1 Å². The summed E-state index contributed by atoms with van der Waals surface area (Å²) in [7, 11) is 0. The maximum absolute atomic E-state index is 13.2. The van der Waals surface area contributed by atoms with Crippen molar-refractivity contribution in [3.63, 3.8) is 0 Å². The molecule has 1 aliphatic heterocycles. The van der Waals surface area contributed by atoms with Gasteiger partial charge >= 0.3 is 0 Å². The van der Waals surface area contributed by atoms with Crippen molar-refractivity contribution >= 4 is 50.7 Å². The number of rotatable bonds is 7. The molecule has 10 nitrogen and oxygen atoms in total. The van der Waals surface area contributed by atoms with E-state index in [1.165, 1.54) is 16.9 Å². The molecule has 0 aliphatic carbocycles. The fourth-order valence-electron chi connectivity index (χ4n) is 5.05. The number of amides is 2. The van der Waals surface area contributed by atoms with Crippen LogP contribution in [0.3, 0.4) is 0 Å². The molecule has 39 heavy (non-hydrogen) atoms. The van der Waals surface area contributed by atoms with E-state index in [9.17, 15) is 9.59 Å². The maximum atomic E-state index is 13.2. The number of thiazole rings is 1. The molecular formula is C28H28N8O2S. The number of aromatic nitrogens is 5. The van der Waals surface area contributed by atoms with Crippen LogP contribution >= 0.6 is 11.3 Å². The Bertz CT molecular complexity index is 1650. The van der Waals surface area contributed by atoms with Crippen LogP contribution < -0.4 is 10.6 Å². The van der Waals surface area contributed by atoms with Gasteiger partial charge in [-0.15, -0.1) is 0 Å². The number of anilines is 3. The molecule has 1 atom stereocenters. The molecule has 4 heterocycles. The topological polar surface area (TPSA) is 121 Å². The molecule has 1 aliphatic rings. The highest BCUT2D eigenvalue weighted by atomic mass is 32.1. The Hall–Kier alpha value is -4.51. The lowest BCUT2D eigenvalue weighted by Gasteiger charge is -2.25. The standard InChI is InChI=1S/C28H28N8O2S/c1-17-10-11-21-20(13-30-33-21)25(17)31-27(38)23-14-29-28(39-23)32-26-18(2)15-35(34-26)16-24(37)36-12-6-9-22(36)19-7-4-3-5-8-19/h3-5,7-8,10-11,13-15,22H,6,9,12,16H2,1-2H3,(H,30,33)(H,31,38)(H,29,32,34). The number of benzene rings is 2.